The lowest BCUT2D eigenvalue weighted by Gasteiger charge is -2.35. The van der Waals surface area contributed by atoms with Gasteiger partial charge in [-0.2, -0.15) is 5.10 Å². The van der Waals surface area contributed by atoms with E-state index in [1.54, 1.807) is 13.3 Å². The van der Waals surface area contributed by atoms with E-state index in [0.29, 0.717) is 49.9 Å². The second kappa shape index (κ2) is 15.1. The van der Waals surface area contributed by atoms with Crippen molar-refractivity contribution in [2.24, 2.45) is 11.8 Å². The van der Waals surface area contributed by atoms with Crippen LogP contribution >= 0.6 is 0 Å². The molecule has 0 spiro atoms. The zero-order chi connectivity index (χ0) is 32.8. The van der Waals surface area contributed by atoms with Gasteiger partial charge in [0.2, 0.25) is 5.91 Å². The molecule has 0 unspecified atom stereocenters. The molecule has 0 radical (unpaired) electrons. The van der Waals surface area contributed by atoms with Gasteiger partial charge in [-0.3, -0.25) is 19.4 Å². The van der Waals surface area contributed by atoms with Gasteiger partial charge in [-0.1, -0.05) is 0 Å². The van der Waals surface area contributed by atoms with Crippen LogP contribution in [-0.2, 0) is 9.53 Å². The molecular weight excluding hydrogens is 580 g/mol. The Morgan fingerprint density at radius 1 is 1.00 bits per heavy atom. The summed E-state index contributed by atoms with van der Waals surface area (Å²) >= 11 is 0. The quantitative estimate of drug-likeness (QED) is 0.251. The van der Waals surface area contributed by atoms with E-state index in [2.05, 4.69) is 30.3 Å². The van der Waals surface area contributed by atoms with Crippen LogP contribution in [0.3, 0.4) is 0 Å². The van der Waals surface area contributed by atoms with Crippen molar-refractivity contribution in [2.75, 3.05) is 18.6 Å². The number of hydrogen-bond donors (Lipinski definition) is 1. The van der Waals surface area contributed by atoms with Gasteiger partial charge in [0.1, 0.15) is 17.7 Å². The van der Waals surface area contributed by atoms with Gasteiger partial charge in [0.05, 0.1) is 19.0 Å². The highest BCUT2D eigenvalue weighted by Gasteiger charge is 2.34. The molecule has 1 N–H and O–H groups in total. The summed E-state index contributed by atoms with van der Waals surface area (Å²) < 4.78 is 13.0. The molecule has 0 atom stereocenters. The standard InChI is InChI=1S/C36H50N6O4/c1-23(2)39-36(44)46-31-13-11-28(12-14-31)35(43)41(34-19-29(17-18-37-34)30-20-38-42(22-30)24(3)4)21-26-7-9-27(10-8-26)32-15-16-33(45-6)25(5)40-32/h15-20,22-24,26-28,31H,7-14,21H2,1-6H3,(H,39,44). The van der Waals surface area contributed by atoms with Crippen LogP contribution in [-0.4, -0.2) is 57.5 Å². The van der Waals surface area contributed by atoms with Crippen LogP contribution in [0.25, 0.3) is 11.1 Å². The molecule has 248 valence electrons. The number of methoxy groups -OCH3 is 1. The number of hydrogen-bond acceptors (Lipinski definition) is 7. The van der Waals surface area contributed by atoms with E-state index in [4.69, 9.17) is 19.4 Å². The Labute approximate surface area is 273 Å². The minimum atomic E-state index is -0.385. The maximum atomic E-state index is 14.3. The number of ether oxygens (including phenoxy) is 2. The number of anilines is 1. The van der Waals surface area contributed by atoms with E-state index >= 15 is 0 Å². The lowest BCUT2D eigenvalue weighted by molar-refractivity contribution is -0.124. The van der Waals surface area contributed by atoms with Crippen molar-refractivity contribution in [3.63, 3.8) is 0 Å². The normalized spacial score (nSPS) is 21.7. The van der Waals surface area contributed by atoms with Crippen LogP contribution in [0, 0.1) is 18.8 Å². The second-order valence-corrected chi connectivity index (χ2v) is 13.6. The number of carbonyl (C=O) groups is 2. The molecule has 5 rings (SSSR count). The monoisotopic (exact) mass is 630 g/mol. The smallest absolute Gasteiger partial charge is 0.407 e. The van der Waals surface area contributed by atoms with E-state index in [9.17, 15) is 9.59 Å². The predicted molar refractivity (Wildman–Crippen MR) is 179 cm³/mol. The summed E-state index contributed by atoms with van der Waals surface area (Å²) in [5, 5.41) is 7.32. The van der Waals surface area contributed by atoms with Gasteiger partial charge in [-0.25, -0.2) is 9.78 Å². The number of nitrogens with zero attached hydrogens (tertiary/aromatic N) is 5. The number of aryl methyl sites for hydroxylation is 1. The first-order chi connectivity index (χ1) is 22.1. The van der Waals surface area contributed by atoms with Gasteiger partial charge in [-0.15, -0.1) is 0 Å². The second-order valence-electron chi connectivity index (χ2n) is 13.6. The van der Waals surface area contributed by atoms with Crippen LogP contribution in [0.15, 0.2) is 42.9 Å². The van der Waals surface area contributed by atoms with Crippen molar-refractivity contribution >= 4 is 17.8 Å². The zero-order valence-electron chi connectivity index (χ0n) is 28.2. The lowest BCUT2D eigenvalue weighted by atomic mass is 9.79. The van der Waals surface area contributed by atoms with Crippen LogP contribution < -0.4 is 15.0 Å². The largest absolute Gasteiger partial charge is 0.495 e. The molecule has 0 aliphatic heterocycles. The van der Waals surface area contributed by atoms with Crippen LogP contribution in [0.2, 0.25) is 0 Å². The summed E-state index contributed by atoms with van der Waals surface area (Å²) in [6, 6.07) is 8.40. The van der Waals surface area contributed by atoms with Gasteiger partial charge in [-0.05, 0) is 122 Å². The number of aromatic nitrogens is 4. The fourth-order valence-electron chi connectivity index (χ4n) is 6.79. The highest BCUT2D eigenvalue weighted by Crippen LogP contribution is 2.38. The van der Waals surface area contributed by atoms with Crippen molar-refractivity contribution in [1.29, 1.82) is 0 Å². The molecule has 46 heavy (non-hydrogen) atoms. The Balaban J connectivity index is 1.30. The van der Waals surface area contributed by atoms with Crippen molar-refractivity contribution < 1.29 is 19.1 Å². The molecule has 3 aromatic rings. The topological polar surface area (TPSA) is 111 Å². The summed E-state index contributed by atoms with van der Waals surface area (Å²) in [5.41, 5.74) is 4.05. The summed E-state index contributed by atoms with van der Waals surface area (Å²) in [4.78, 5) is 38.0. The van der Waals surface area contributed by atoms with Gasteiger partial charge in [0.25, 0.3) is 0 Å². The summed E-state index contributed by atoms with van der Waals surface area (Å²) in [7, 11) is 1.68. The lowest BCUT2D eigenvalue weighted by Crippen LogP contribution is -2.43. The Morgan fingerprint density at radius 3 is 2.37 bits per heavy atom. The third-order valence-electron chi connectivity index (χ3n) is 9.44. The third kappa shape index (κ3) is 8.25. The Hall–Kier alpha value is -3.95. The molecule has 0 bridgehead atoms. The summed E-state index contributed by atoms with van der Waals surface area (Å²) in [6.45, 7) is 10.7. The molecule has 2 fully saturated rings. The minimum absolute atomic E-state index is 0.0219. The molecule has 10 heteroatoms. The molecule has 2 aliphatic carbocycles. The molecule has 0 aromatic carbocycles. The van der Waals surface area contributed by atoms with Crippen LogP contribution in [0.1, 0.15) is 102 Å². The molecule has 2 amide bonds. The zero-order valence-corrected chi connectivity index (χ0v) is 28.2. The van der Waals surface area contributed by atoms with E-state index in [1.807, 2.05) is 60.9 Å². The highest BCUT2D eigenvalue weighted by molar-refractivity contribution is 5.94. The summed E-state index contributed by atoms with van der Waals surface area (Å²) in [6.07, 6.45) is 12.0. The Bertz CT molecular complexity index is 1470. The van der Waals surface area contributed by atoms with Crippen LogP contribution in [0.4, 0.5) is 10.6 Å². The van der Waals surface area contributed by atoms with Crippen molar-refractivity contribution in [1.82, 2.24) is 25.1 Å². The van der Waals surface area contributed by atoms with Crippen molar-refractivity contribution in [3.8, 4) is 16.9 Å². The van der Waals surface area contributed by atoms with Gasteiger partial charge >= 0.3 is 6.09 Å². The summed E-state index contributed by atoms with van der Waals surface area (Å²) in [5.74, 6) is 2.26. The first kappa shape index (κ1) is 33.4. The van der Waals surface area contributed by atoms with Gasteiger partial charge < -0.3 is 14.8 Å². The molecule has 2 saturated carbocycles. The fraction of sp³-hybridized carbons (Fsp3) is 0.583. The van der Waals surface area contributed by atoms with Crippen molar-refractivity contribution in [3.05, 3.63) is 54.2 Å². The molecule has 3 heterocycles. The average molecular weight is 631 g/mol. The number of carbonyl (C=O) groups excluding carboxylic acids is 2. The number of amides is 2. The minimum Gasteiger partial charge on any atom is -0.495 e. The average Bonchev–Trinajstić information content (AvgIpc) is 3.55. The Kier molecular flexibility index (Phi) is 11.0. The van der Waals surface area contributed by atoms with Crippen molar-refractivity contribution in [2.45, 2.75) is 110 Å². The fourth-order valence-corrected chi connectivity index (χ4v) is 6.79. The van der Waals surface area contributed by atoms with E-state index in [1.165, 1.54) is 0 Å². The molecule has 10 nitrogen and oxygen atoms in total. The number of alkyl carbamates (subject to hydrolysis) is 1. The predicted octanol–water partition coefficient (Wildman–Crippen LogP) is 7.24. The highest BCUT2D eigenvalue weighted by atomic mass is 16.6. The first-order valence-electron chi connectivity index (χ1n) is 16.9. The van der Waals surface area contributed by atoms with Crippen LogP contribution in [0.5, 0.6) is 5.75 Å². The third-order valence-corrected chi connectivity index (χ3v) is 9.44. The number of rotatable bonds is 10. The van der Waals surface area contributed by atoms with E-state index in [0.717, 1.165) is 53.9 Å². The van der Waals surface area contributed by atoms with Gasteiger partial charge in [0, 0.05) is 54.1 Å². The maximum absolute atomic E-state index is 14.3. The molecule has 3 aromatic heterocycles. The molecule has 2 aliphatic rings. The first-order valence-corrected chi connectivity index (χ1v) is 16.9. The molecular formula is C36H50N6O4. The maximum Gasteiger partial charge on any atom is 0.407 e. The Morgan fingerprint density at radius 2 is 1.74 bits per heavy atom. The number of nitrogens with one attached hydrogen (secondary N) is 1. The van der Waals surface area contributed by atoms with Gasteiger partial charge in [0.15, 0.2) is 0 Å². The molecule has 0 saturated heterocycles. The number of pyridine rings is 2. The van der Waals surface area contributed by atoms with E-state index in [-0.39, 0.29) is 36.1 Å². The SMILES string of the molecule is COc1ccc(C2CCC(CN(C(=O)C3CCC(OC(=O)NC(C)C)CC3)c3cc(-c4cnn(C(C)C)c4)ccn3)CC2)nc1C. The van der Waals surface area contributed by atoms with E-state index < -0.39 is 0 Å².